The molecule has 26 heavy (non-hydrogen) atoms. The quantitative estimate of drug-likeness (QED) is 0.410. The first kappa shape index (κ1) is 22.1. The summed E-state index contributed by atoms with van der Waals surface area (Å²) in [4.78, 5) is 0. The fourth-order valence-corrected chi connectivity index (χ4v) is 3.00. The van der Waals surface area contributed by atoms with Crippen LogP contribution in [-0.2, 0) is 28.4 Å². The van der Waals surface area contributed by atoms with Crippen molar-refractivity contribution in [3.8, 4) is 0 Å². The van der Waals surface area contributed by atoms with Crippen LogP contribution in [0.4, 0.5) is 0 Å². The van der Waals surface area contributed by atoms with E-state index in [-0.39, 0.29) is 10.8 Å². The molecule has 2 heterocycles. The first-order valence-corrected chi connectivity index (χ1v) is 9.97. The van der Waals surface area contributed by atoms with Crippen LogP contribution in [0.2, 0.25) is 0 Å². The Morgan fingerprint density at radius 2 is 0.885 bits per heavy atom. The Morgan fingerprint density at radius 1 is 0.577 bits per heavy atom. The Balaban J connectivity index is 1.34. The molecule has 0 bridgehead atoms. The summed E-state index contributed by atoms with van der Waals surface area (Å²) in [6, 6.07) is 0. The first-order chi connectivity index (χ1) is 12.5. The van der Waals surface area contributed by atoms with Crippen LogP contribution < -0.4 is 0 Å². The van der Waals surface area contributed by atoms with E-state index in [4.69, 9.17) is 28.4 Å². The maximum atomic E-state index is 5.75. The standard InChI is InChI=1S/C20H38O6/c1-17(2)19(13-25-14-19)11-23-9-7-21-5-6-22-8-10-24-12-20(18(3)4)15-26-16-20/h17-18H,5-16H2,1-4H3. The lowest BCUT2D eigenvalue weighted by Gasteiger charge is -2.44. The molecule has 0 radical (unpaired) electrons. The van der Waals surface area contributed by atoms with E-state index in [0.717, 1.165) is 39.6 Å². The van der Waals surface area contributed by atoms with Gasteiger partial charge in [-0.15, -0.1) is 0 Å². The van der Waals surface area contributed by atoms with E-state index >= 15 is 0 Å². The molecule has 2 rings (SSSR count). The first-order valence-electron chi connectivity index (χ1n) is 9.97. The van der Waals surface area contributed by atoms with Crippen molar-refractivity contribution < 1.29 is 28.4 Å². The predicted octanol–water partition coefficient (Wildman–Crippen LogP) is 2.40. The Kier molecular flexibility index (Phi) is 9.27. The molecule has 2 aliphatic rings. The molecule has 6 heteroatoms. The number of rotatable bonds is 15. The molecule has 2 saturated heterocycles. The minimum absolute atomic E-state index is 0.211. The SMILES string of the molecule is CC(C)C1(COCCOCCOCCOCC2(C(C)C)COC2)COC1. The van der Waals surface area contributed by atoms with Gasteiger partial charge in [-0.2, -0.15) is 0 Å². The summed E-state index contributed by atoms with van der Waals surface area (Å²) in [7, 11) is 0. The van der Waals surface area contributed by atoms with Gasteiger partial charge in [-0.05, 0) is 11.8 Å². The van der Waals surface area contributed by atoms with Crippen molar-refractivity contribution in [2.75, 3.05) is 79.3 Å². The van der Waals surface area contributed by atoms with E-state index in [2.05, 4.69) is 27.7 Å². The van der Waals surface area contributed by atoms with Crippen LogP contribution in [0.1, 0.15) is 27.7 Å². The molecule has 0 aromatic carbocycles. The van der Waals surface area contributed by atoms with E-state index in [1.807, 2.05) is 0 Å². The Bertz CT molecular complexity index is 340. The highest BCUT2D eigenvalue weighted by Crippen LogP contribution is 2.36. The van der Waals surface area contributed by atoms with Crippen LogP contribution in [0, 0.1) is 22.7 Å². The lowest BCUT2D eigenvalue weighted by Crippen LogP contribution is -2.50. The molecule has 0 amide bonds. The number of ether oxygens (including phenoxy) is 6. The predicted molar refractivity (Wildman–Crippen MR) is 99.5 cm³/mol. The van der Waals surface area contributed by atoms with Gasteiger partial charge in [-0.3, -0.25) is 0 Å². The molecule has 0 aromatic rings. The van der Waals surface area contributed by atoms with Gasteiger partial charge in [0.1, 0.15) is 0 Å². The van der Waals surface area contributed by atoms with Crippen molar-refractivity contribution in [2.45, 2.75) is 27.7 Å². The zero-order valence-electron chi connectivity index (χ0n) is 17.1. The van der Waals surface area contributed by atoms with Crippen molar-refractivity contribution in [2.24, 2.45) is 22.7 Å². The maximum absolute atomic E-state index is 5.75. The van der Waals surface area contributed by atoms with Gasteiger partial charge in [0.05, 0.1) is 79.3 Å². The van der Waals surface area contributed by atoms with Crippen LogP contribution in [-0.4, -0.2) is 79.3 Å². The van der Waals surface area contributed by atoms with E-state index in [9.17, 15) is 0 Å². The summed E-state index contributed by atoms with van der Waals surface area (Å²) < 4.78 is 33.3. The molecule has 0 aliphatic carbocycles. The summed E-state index contributed by atoms with van der Waals surface area (Å²) >= 11 is 0. The molecule has 2 fully saturated rings. The smallest absolute Gasteiger partial charge is 0.0701 e. The van der Waals surface area contributed by atoms with Gasteiger partial charge in [0, 0.05) is 10.8 Å². The van der Waals surface area contributed by atoms with Crippen molar-refractivity contribution in [3.63, 3.8) is 0 Å². The molecule has 154 valence electrons. The second-order valence-corrected chi connectivity index (χ2v) is 8.35. The normalized spacial score (nSPS) is 21.0. The van der Waals surface area contributed by atoms with Gasteiger partial charge in [0.15, 0.2) is 0 Å². The van der Waals surface area contributed by atoms with Gasteiger partial charge in [0.25, 0.3) is 0 Å². The fourth-order valence-electron chi connectivity index (χ4n) is 3.00. The molecule has 0 atom stereocenters. The second kappa shape index (κ2) is 10.9. The topological polar surface area (TPSA) is 55.4 Å². The monoisotopic (exact) mass is 374 g/mol. The summed E-state index contributed by atoms with van der Waals surface area (Å²) in [6.07, 6.45) is 0. The van der Waals surface area contributed by atoms with Crippen LogP contribution in [0.5, 0.6) is 0 Å². The summed E-state index contributed by atoms with van der Waals surface area (Å²) in [6.45, 7) is 17.3. The van der Waals surface area contributed by atoms with Crippen LogP contribution in [0.25, 0.3) is 0 Å². The van der Waals surface area contributed by atoms with Crippen molar-refractivity contribution in [3.05, 3.63) is 0 Å². The van der Waals surface area contributed by atoms with E-state index in [1.165, 1.54) is 0 Å². The molecule has 0 aromatic heterocycles. The third-order valence-electron chi connectivity index (χ3n) is 5.90. The molecule has 0 N–H and O–H groups in total. The Labute approximate surface area is 158 Å². The second-order valence-electron chi connectivity index (χ2n) is 8.35. The maximum Gasteiger partial charge on any atom is 0.0701 e. The molecule has 0 unspecified atom stereocenters. The largest absolute Gasteiger partial charge is 0.380 e. The molecule has 6 nitrogen and oxygen atoms in total. The molecular formula is C20H38O6. The van der Waals surface area contributed by atoms with E-state index < -0.39 is 0 Å². The third kappa shape index (κ3) is 6.14. The highest BCUT2D eigenvalue weighted by molar-refractivity contribution is 4.88. The Hall–Kier alpha value is -0.240. The minimum atomic E-state index is 0.211. The third-order valence-corrected chi connectivity index (χ3v) is 5.90. The van der Waals surface area contributed by atoms with Gasteiger partial charge in [0.2, 0.25) is 0 Å². The zero-order chi connectivity index (χ0) is 18.9. The van der Waals surface area contributed by atoms with Gasteiger partial charge in [-0.1, -0.05) is 27.7 Å². The minimum Gasteiger partial charge on any atom is -0.380 e. The van der Waals surface area contributed by atoms with Crippen molar-refractivity contribution >= 4 is 0 Å². The summed E-state index contributed by atoms with van der Waals surface area (Å²) in [5, 5.41) is 0. The van der Waals surface area contributed by atoms with Gasteiger partial charge < -0.3 is 28.4 Å². The zero-order valence-corrected chi connectivity index (χ0v) is 17.1. The fraction of sp³-hybridized carbons (Fsp3) is 1.00. The number of hydrogen-bond acceptors (Lipinski definition) is 6. The van der Waals surface area contributed by atoms with Crippen LogP contribution in [0.3, 0.4) is 0 Å². The van der Waals surface area contributed by atoms with Crippen molar-refractivity contribution in [1.82, 2.24) is 0 Å². The van der Waals surface area contributed by atoms with Crippen LogP contribution >= 0.6 is 0 Å². The lowest BCUT2D eigenvalue weighted by molar-refractivity contribution is -0.175. The van der Waals surface area contributed by atoms with Gasteiger partial charge >= 0.3 is 0 Å². The molecule has 0 saturated carbocycles. The molecule has 0 spiro atoms. The van der Waals surface area contributed by atoms with Crippen LogP contribution in [0.15, 0.2) is 0 Å². The average molecular weight is 375 g/mol. The van der Waals surface area contributed by atoms with Gasteiger partial charge in [-0.25, -0.2) is 0 Å². The Morgan fingerprint density at radius 3 is 1.12 bits per heavy atom. The van der Waals surface area contributed by atoms with E-state index in [0.29, 0.717) is 51.5 Å². The molecular weight excluding hydrogens is 336 g/mol. The average Bonchev–Trinajstić information content (AvgIpc) is 2.51. The van der Waals surface area contributed by atoms with Crippen molar-refractivity contribution in [1.29, 1.82) is 0 Å². The molecule has 2 aliphatic heterocycles. The number of hydrogen-bond donors (Lipinski definition) is 0. The highest BCUT2D eigenvalue weighted by atomic mass is 16.6. The summed E-state index contributed by atoms with van der Waals surface area (Å²) in [5.41, 5.74) is 0.422. The van der Waals surface area contributed by atoms with E-state index in [1.54, 1.807) is 0 Å². The lowest BCUT2D eigenvalue weighted by atomic mass is 9.76. The highest BCUT2D eigenvalue weighted by Gasteiger charge is 2.42. The summed E-state index contributed by atoms with van der Waals surface area (Å²) in [5.74, 6) is 1.17.